The molecule has 4 bridgehead atoms. The van der Waals surface area contributed by atoms with Gasteiger partial charge in [0.15, 0.2) is 22.5 Å². The molecule has 4 aromatic heterocycles. The summed E-state index contributed by atoms with van der Waals surface area (Å²) in [7, 11) is 0. The zero-order valence-electron chi connectivity index (χ0n) is 34.4. The number of thiazole rings is 1. The number of nitrogens with zero attached hydrogens (tertiary/aromatic N) is 8. The summed E-state index contributed by atoms with van der Waals surface area (Å²) in [4.78, 5) is 27.2. The molecule has 4 saturated carbocycles. The molecule has 0 amide bonds. The fourth-order valence-electron chi connectivity index (χ4n) is 13.4. The molecule has 13 heteroatoms. The van der Waals surface area contributed by atoms with Crippen LogP contribution in [0.5, 0.6) is 0 Å². The van der Waals surface area contributed by atoms with Gasteiger partial charge in [0.1, 0.15) is 5.82 Å². The number of carbonyl (C=O) groups is 1. The third-order valence-electron chi connectivity index (χ3n) is 14.3. The molecule has 1 saturated heterocycles. The van der Waals surface area contributed by atoms with Gasteiger partial charge in [-0.3, -0.25) is 4.68 Å². The molecule has 12 nitrogen and oxygen atoms in total. The van der Waals surface area contributed by atoms with E-state index >= 15 is 0 Å². The summed E-state index contributed by atoms with van der Waals surface area (Å²) >= 11 is 1.59. The Hall–Kier alpha value is -4.46. The molecule has 3 N–H and O–H groups in total. The summed E-state index contributed by atoms with van der Waals surface area (Å²) in [6.45, 7) is 16.6. The predicted octanol–water partition coefficient (Wildman–Crippen LogP) is 8.54. The van der Waals surface area contributed by atoms with Gasteiger partial charge in [0.2, 0.25) is 0 Å². The van der Waals surface area contributed by atoms with Crippen molar-refractivity contribution < 1.29 is 9.90 Å². The number of hydrogen-bond acceptors (Lipinski definition) is 11. The van der Waals surface area contributed by atoms with Crippen molar-refractivity contribution in [2.24, 2.45) is 21.7 Å². The monoisotopic (exact) mass is 800 g/mol. The van der Waals surface area contributed by atoms with Gasteiger partial charge in [0, 0.05) is 67.2 Å². The molecule has 6 aliphatic rings. The Bertz CT molecular complexity index is 2350. The first-order valence-corrected chi connectivity index (χ1v) is 22.2. The number of nitrogens with one attached hydrogen (secondary N) is 2. The average Bonchev–Trinajstić information content (AvgIpc) is 3.76. The van der Waals surface area contributed by atoms with Crippen LogP contribution >= 0.6 is 11.3 Å². The first-order chi connectivity index (χ1) is 27.9. The van der Waals surface area contributed by atoms with Crippen molar-refractivity contribution in [2.75, 3.05) is 49.5 Å². The Morgan fingerprint density at radius 2 is 1.69 bits per heavy atom. The number of carboxylic acid groups (broad SMARTS) is 1. The summed E-state index contributed by atoms with van der Waals surface area (Å²) in [5.41, 5.74) is 6.84. The maximum absolute atomic E-state index is 13.0. The van der Waals surface area contributed by atoms with Crippen LogP contribution in [0.2, 0.25) is 0 Å². The average molecular weight is 801 g/mol. The third-order valence-corrected chi connectivity index (χ3v) is 15.3. The van der Waals surface area contributed by atoms with Crippen molar-refractivity contribution in [1.82, 2.24) is 40.2 Å². The van der Waals surface area contributed by atoms with Crippen molar-refractivity contribution in [3.63, 3.8) is 0 Å². The van der Waals surface area contributed by atoms with Crippen LogP contribution in [0.25, 0.3) is 21.3 Å². The van der Waals surface area contributed by atoms with E-state index in [1.54, 1.807) is 11.3 Å². The van der Waals surface area contributed by atoms with Crippen LogP contribution in [-0.4, -0.2) is 85.2 Å². The van der Waals surface area contributed by atoms with E-state index in [4.69, 9.17) is 15.1 Å². The largest absolute Gasteiger partial charge is 0.476 e. The molecule has 0 spiro atoms. The highest BCUT2D eigenvalue weighted by Crippen LogP contribution is 2.75. The van der Waals surface area contributed by atoms with Crippen LogP contribution in [0.1, 0.15) is 98.9 Å². The highest BCUT2D eigenvalue weighted by atomic mass is 32.1. The molecule has 6 heterocycles. The predicted molar refractivity (Wildman–Crippen MR) is 229 cm³/mol. The first-order valence-electron chi connectivity index (χ1n) is 21.4. The highest BCUT2D eigenvalue weighted by Gasteiger charge is 2.65. The molecule has 2 unspecified atom stereocenters. The molecule has 304 valence electrons. The fourth-order valence-corrected chi connectivity index (χ4v) is 14.2. The fraction of sp³-hybridized carbons (Fsp3) is 0.556. The molecule has 2 atom stereocenters. The topological polar surface area (TPSA) is 137 Å². The molecule has 58 heavy (non-hydrogen) atoms. The van der Waals surface area contributed by atoms with Crippen molar-refractivity contribution in [3.8, 4) is 11.1 Å². The van der Waals surface area contributed by atoms with Gasteiger partial charge < -0.3 is 25.5 Å². The minimum Gasteiger partial charge on any atom is -0.476 e. The minimum atomic E-state index is -1.05. The number of piperazine rings is 1. The number of pyridine rings is 1. The lowest BCUT2D eigenvalue weighted by atomic mass is 9.35. The van der Waals surface area contributed by atoms with E-state index in [2.05, 4.69) is 64.2 Å². The lowest BCUT2D eigenvalue weighted by molar-refractivity contribution is -0.198. The van der Waals surface area contributed by atoms with Crippen molar-refractivity contribution in [2.45, 2.75) is 98.4 Å². The van der Waals surface area contributed by atoms with E-state index in [1.807, 2.05) is 41.4 Å². The van der Waals surface area contributed by atoms with Crippen LogP contribution in [0.15, 0.2) is 42.6 Å². The van der Waals surface area contributed by atoms with Gasteiger partial charge in [0.05, 0.1) is 16.4 Å². The maximum Gasteiger partial charge on any atom is 0.355 e. The zero-order chi connectivity index (χ0) is 39.9. The first kappa shape index (κ1) is 37.8. The van der Waals surface area contributed by atoms with E-state index in [-0.39, 0.29) is 11.1 Å². The summed E-state index contributed by atoms with van der Waals surface area (Å²) < 4.78 is 3.31. The number of anilines is 4. The van der Waals surface area contributed by atoms with E-state index in [0.717, 1.165) is 76.0 Å². The van der Waals surface area contributed by atoms with Crippen LogP contribution in [0.4, 0.5) is 22.6 Å². The molecule has 4 aliphatic carbocycles. The van der Waals surface area contributed by atoms with E-state index < -0.39 is 5.97 Å². The molecule has 11 rings (SSSR count). The van der Waals surface area contributed by atoms with E-state index in [1.165, 1.54) is 71.0 Å². The SMILES string of the molecule is Cc1c(Nc2nc3ccccc3s2)nnc2c1CCCN2c1ccc(-c2cnn(CC34CC5(C)CC(C)(CC(CCCN6CCNCC6)(C5)C3)C4)c2C)c(C(=O)O)n1. The van der Waals surface area contributed by atoms with Gasteiger partial charge in [-0.2, -0.15) is 5.10 Å². The van der Waals surface area contributed by atoms with Gasteiger partial charge in [-0.15, -0.1) is 10.2 Å². The van der Waals surface area contributed by atoms with Gasteiger partial charge in [0.25, 0.3) is 0 Å². The third kappa shape index (κ3) is 6.76. The van der Waals surface area contributed by atoms with Gasteiger partial charge >= 0.3 is 5.97 Å². The molecular formula is C45H56N10O2S. The molecule has 2 aliphatic heterocycles. The normalized spacial score (nSPS) is 28.0. The quantitative estimate of drug-likeness (QED) is 0.119. The van der Waals surface area contributed by atoms with E-state index in [0.29, 0.717) is 40.0 Å². The second-order valence-corrected chi connectivity index (χ2v) is 20.4. The molecule has 1 aromatic carbocycles. The minimum absolute atomic E-state index is 0.0318. The number of rotatable bonds is 11. The van der Waals surface area contributed by atoms with Gasteiger partial charge in [-0.1, -0.05) is 37.3 Å². The van der Waals surface area contributed by atoms with Gasteiger partial charge in [-0.25, -0.2) is 14.8 Å². The lowest BCUT2D eigenvalue weighted by Crippen LogP contribution is -2.60. The Kier molecular flexibility index (Phi) is 9.18. The van der Waals surface area contributed by atoms with Crippen LogP contribution < -0.4 is 15.5 Å². The molecule has 5 aromatic rings. The number of fused-ring (bicyclic) bond motifs is 2. The smallest absolute Gasteiger partial charge is 0.355 e. The van der Waals surface area contributed by atoms with Crippen LogP contribution in [-0.2, 0) is 13.0 Å². The van der Waals surface area contributed by atoms with Crippen molar-refractivity contribution in [3.05, 3.63) is 65.1 Å². The molecule has 0 radical (unpaired) electrons. The highest BCUT2D eigenvalue weighted by molar-refractivity contribution is 7.22. The number of para-hydroxylation sites is 1. The molecular weight excluding hydrogens is 745 g/mol. The van der Waals surface area contributed by atoms with Gasteiger partial charge in [-0.05, 0) is 131 Å². The second kappa shape index (κ2) is 14.1. The van der Waals surface area contributed by atoms with Crippen LogP contribution in [0, 0.1) is 35.5 Å². The molecule has 5 fully saturated rings. The number of aromatic carboxylic acids is 1. The summed E-state index contributed by atoms with van der Waals surface area (Å²) in [6.07, 6.45) is 14.0. The number of benzene rings is 1. The zero-order valence-corrected chi connectivity index (χ0v) is 35.2. The number of hydrogen-bond donors (Lipinski definition) is 3. The van der Waals surface area contributed by atoms with E-state index in [9.17, 15) is 9.90 Å². The number of aromatic nitrogens is 6. The standard InChI is InChI=1S/C45H56N10O2S/c1-29-31-9-7-18-54(39(31)52-51-38(29)50-41-48-34-10-5-6-11-35(34)58-41)36-13-12-32(37(49-36)40(56)57)33-21-47-55(30(33)2)28-45-25-42(3)22-43(4,26-45)24-44(23-42,27-45)14-8-17-53-19-15-46-16-20-53/h5-6,10-13,21,46H,7-9,14-20,22-28H2,1-4H3,(H,56,57)(H,48,50,51). The Morgan fingerprint density at radius 3 is 2.47 bits per heavy atom. The van der Waals surface area contributed by atoms with Crippen molar-refractivity contribution in [1.29, 1.82) is 0 Å². The Balaban J connectivity index is 0.898. The summed E-state index contributed by atoms with van der Waals surface area (Å²) in [5.74, 6) is 0.909. The lowest BCUT2D eigenvalue weighted by Gasteiger charge is -2.70. The summed E-state index contributed by atoms with van der Waals surface area (Å²) in [5, 5.41) is 32.6. The second-order valence-electron chi connectivity index (χ2n) is 19.4. The summed E-state index contributed by atoms with van der Waals surface area (Å²) in [6, 6.07) is 11.9. The Morgan fingerprint density at radius 1 is 0.914 bits per heavy atom. The van der Waals surface area contributed by atoms with Crippen LogP contribution in [0.3, 0.4) is 0 Å². The van der Waals surface area contributed by atoms with Crippen molar-refractivity contribution >= 4 is 50.1 Å². The Labute approximate surface area is 344 Å². The number of carboxylic acids is 1. The maximum atomic E-state index is 13.0.